The molecule has 0 aliphatic carbocycles. The van der Waals surface area contributed by atoms with E-state index in [1.165, 1.54) is 0 Å². The number of piperidine rings is 1. The Morgan fingerprint density at radius 3 is 2.94 bits per heavy atom. The van der Waals surface area contributed by atoms with Crippen LogP contribution in [0.25, 0.3) is 0 Å². The van der Waals surface area contributed by atoms with Gasteiger partial charge in [-0.1, -0.05) is 0 Å². The highest BCUT2D eigenvalue weighted by Gasteiger charge is 2.23. The van der Waals surface area contributed by atoms with Crippen LogP contribution in [0.1, 0.15) is 28.8 Å². The SMILES string of the molecule is Cc1cc(C(=O)N2CCC[C@@H](O)C2)ccc1I. The van der Waals surface area contributed by atoms with Crippen LogP contribution in [0.5, 0.6) is 0 Å². The Morgan fingerprint density at radius 1 is 1.53 bits per heavy atom. The van der Waals surface area contributed by atoms with Gasteiger partial charge in [-0.2, -0.15) is 0 Å². The van der Waals surface area contributed by atoms with Crippen LogP contribution in [0.2, 0.25) is 0 Å². The van der Waals surface area contributed by atoms with Crippen molar-refractivity contribution in [3.05, 3.63) is 32.9 Å². The molecule has 0 aromatic heterocycles. The Morgan fingerprint density at radius 2 is 2.29 bits per heavy atom. The van der Waals surface area contributed by atoms with Gasteiger partial charge in [0.1, 0.15) is 0 Å². The lowest BCUT2D eigenvalue weighted by molar-refractivity contribution is 0.0473. The smallest absolute Gasteiger partial charge is 0.253 e. The van der Waals surface area contributed by atoms with E-state index in [9.17, 15) is 9.90 Å². The van der Waals surface area contributed by atoms with E-state index >= 15 is 0 Å². The largest absolute Gasteiger partial charge is 0.391 e. The second-order valence-corrected chi connectivity index (χ2v) is 5.67. The molecule has 1 amide bonds. The number of hydrogen-bond donors (Lipinski definition) is 1. The van der Waals surface area contributed by atoms with Crippen LogP contribution in [0, 0.1) is 10.5 Å². The van der Waals surface area contributed by atoms with E-state index in [1.807, 2.05) is 25.1 Å². The van der Waals surface area contributed by atoms with E-state index in [0.717, 1.165) is 34.1 Å². The molecule has 4 heteroatoms. The topological polar surface area (TPSA) is 40.5 Å². The molecule has 3 nitrogen and oxygen atoms in total. The molecule has 0 spiro atoms. The number of benzene rings is 1. The molecule has 0 bridgehead atoms. The Labute approximate surface area is 115 Å². The minimum atomic E-state index is -0.363. The lowest BCUT2D eigenvalue weighted by Gasteiger charge is -2.30. The third-order valence-corrected chi connectivity index (χ3v) is 4.30. The Balaban J connectivity index is 2.15. The number of likely N-dealkylation sites (tertiary alicyclic amines) is 1. The predicted octanol–water partition coefficient (Wildman–Crippen LogP) is 2.20. The zero-order chi connectivity index (χ0) is 12.4. The van der Waals surface area contributed by atoms with E-state index in [4.69, 9.17) is 0 Å². The van der Waals surface area contributed by atoms with Crippen molar-refractivity contribution in [3.8, 4) is 0 Å². The zero-order valence-electron chi connectivity index (χ0n) is 9.82. The summed E-state index contributed by atoms with van der Waals surface area (Å²) in [6.07, 6.45) is 1.32. The molecular weight excluding hydrogens is 329 g/mol. The highest BCUT2D eigenvalue weighted by molar-refractivity contribution is 14.1. The van der Waals surface area contributed by atoms with E-state index in [0.29, 0.717) is 6.54 Å². The zero-order valence-corrected chi connectivity index (χ0v) is 12.0. The number of nitrogens with zero attached hydrogens (tertiary/aromatic N) is 1. The Bertz CT molecular complexity index is 433. The van der Waals surface area contributed by atoms with Crippen molar-refractivity contribution in [2.24, 2.45) is 0 Å². The van der Waals surface area contributed by atoms with Gasteiger partial charge in [0.15, 0.2) is 0 Å². The van der Waals surface area contributed by atoms with Crippen molar-refractivity contribution in [2.45, 2.75) is 25.9 Å². The average molecular weight is 345 g/mol. The summed E-state index contributed by atoms with van der Waals surface area (Å²) in [5, 5.41) is 9.58. The third kappa shape index (κ3) is 2.98. The van der Waals surface area contributed by atoms with Gasteiger partial charge < -0.3 is 10.0 Å². The standard InChI is InChI=1S/C13H16INO2/c1-9-7-10(4-5-12(9)14)13(17)15-6-2-3-11(16)8-15/h4-5,7,11,16H,2-3,6,8H2,1H3/t11-/m1/s1. The molecule has 0 saturated carbocycles. The summed E-state index contributed by atoms with van der Waals surface area (Å²) in [7, 11) is 0. The molecule has 1 atom stereocenters. The van der Waals surface area contributed by atoms with Crippen LogP contribution in [0.4, 0.5) is 0 Å². The first-order valence-electron chi connectivity index (χ1n) is 5.81. The molecule has 1 saturated heterocycles. The maximum Gasteiger partial charge on any atom is 0.253 e. The summed E-state index contributed by atoms with van der Waals surface area (Å²) in [5.74, 6) is 0.0308. The highest BCUT2D eigenvalue weighted by Crippen LogP contribution is 2.17. The number of amides is 1. The molecule has 1 heterocycles. The molecule has 92 valence electrons. The van der Waals surface area contributed by atoms with E-state index in [2.05, 4.69) is 22.6 Å². The minimum Gasteiger partial charge on any atom is -0.391 e. The van der Waals surface area contributed by atoms with Crippen molar-refractivity contribution in [3.63, 3.8) is 0 Å². The van der Waals surface area contributed by atoms with Gasteiger partial charge in [0.05, 0.1) is 6.10 Å². The molecule has 1 aliphatic rings. The van der Waals surface area contributed by atoms with Crippen LogP contribution in [-0.4, -0.2) is 35.1 Å². The number of aliphatic hydroxyl groups is 1. The first-order chi connectivity index (χ1) is 8.08. The van der Waals surface area contributed by atoms with Crippen molar-refractivity contribution >= 4 is 28.5 Å². The first kappa shape index (κ1) is 12.8. The summed E-state index contributed by atoms with van der Waals surface area (Å²) < 4.78 is 1.16. The van der Waals surface area contributed by atoms with Crippen LogP contribution in [0.3, 0.4) is 0 Å². The maximum atomic E-state index is 12.2. The number of hydrogen-bond acceptors (Lipinski definition) is 2. The monoisotopic (exact) mass is 345 g/mol. The number of halogens is 1. The normalized spacial score (nSPS) is 20.4. The van der Waals surface area contributed by atoms with Crippen molar-refractivity contribution in [1.82, 2.24) is 4.90 Å². The Hall–Kier alpha value is -0.620. The lowest BCUT2D eigenvalue weighted by atomic mass is 10.1. The summed E-state index contributed by atoms with van der Waals surface area (Å²) >= 11 is 2.26. The van der Waals surface area contributed by atoms with Crippen molar-refractivity contribution in [2.75, 3.05) is 13.1 Å². The van der Waals surface area contributed by atoms with E-state index in [1.54, 1.807) is 4.90 Å². The lowest BCUT2D eigenvalue weighted by Crippen LogP contribution is -2.42. The van der Waals surface area contributed by atoms with Crippen LogP contribution in [0.15, 0.2) is 18.2 Å². The Kier molecular flexibility index (Phi) is 4.04. The summed E-state index contributed by atoms with van der Waals surface area (Å²) in [4.78, 5) is 14.0. The second-order valence-electron chi connectivity index (χ2n) is 4.51. The maximum absolute atomic E-state index is 12.2. The molecule has 0 unspecified atom stereocenters. The summed E-state index contributed by atoms with van der Waals surface area (Å²) in [5.41, 5.74) is 1.84. The average Bonchev–Trinajstić information content (AvgIpc) is 2.32. The molecule has 17 heavy (non-hydrogen) atoms. The number of carbonyl (C=O) groups excluding carboxylic acids is 1. The predicted molar refractivity (Wildman–Crippen MR) is 75.0 cm³/mol. The van der Waals surface area contributed by atoms with Gasteiger partial charge in [0.25, 0.3) is 5.91 Å². The van der Waals surface area contributed by atoms with Gasteiger partial charge in [0, 0.05) is 22.2 Å². The molecular formula is C13H16INO2. The molecule has 1 aromatic rings. The highest BCUT2D eigenvalue weighted by atomic mass is 127. The summed E-state index contributed by atoms with van der Waals surface area (Å²) in [6.45, 7) is 3.22. The van der Waals surface area contributed by atoms with Gasteiger partial charge >= 0.3 is 0 Å². The molecule has 2 rings (SSSR count). The number of rotatable bonds is 1. The fourth-order valence-corrected chi connectivity index (χ4v) is 2.43. The van der Waals surface area contributed by atoms with Gasteiger partial charge in [-0.15, -0.1) is 0 Å². The van der Waals surface area contributed by atoms with Crippen molar-refractivity contribution < 1.29 is 9.90 Å². The fraction of sp³-hybridized carbons (Fsp3) is 0.462. The van der Waals surface area contributed by atoms with Crippen molar-refractivity contribution in [1.29, 1.82) is 0 Å². The molecule has 1 fully saturated rings. The molecule has 1 aromatic carbocycles. The fourth-order valence-electron chi connectivity index (χ4n) is 2.10. The van der Waals surface area contributed by atoms with Crippen LogP contribution in [-0.2, 0) is 0 Å². The third-order valence-electron chi connectivity index (χ3n) is 3.09. The van der Waals surface area contributed by atoms with E-state index < -0.39 is 0 Å². The van der Waals surface area contributed by atoms with Crippen LogP contribution >= 0.6 is 22.6 Å². The quantitative estimate of drug-likeness (QED) is 0.793. The number of aryl methyl sites for hydroxylation is 1. The second kappa shape index (κ2) is 5.35. The number of carbonyl (C=O) groups is 1. The number of aliphatic hydroxyl groups excluding tert-OH is 1. The van der Waals surface area contributed by atoms with Gasteiger partial charge in [0.2, 0.25) is 0 Å². The van der Waals surface area contributed by atoms with Crippen LogP contribution < -0.4 is 0 Å². The van der Waals surface area contributed by atoms with Gasteiger partial charge in [-0.25, -0.2) is 0 Å². The van der Waals surface area contributed by atoms with Gasteiger partial charge in [-0.05, 0) is 66.1 Å². The molecule has 1 aliphatic heterocycles. The minimum absolute atomic E-state index is 0.0308. The van der Waals surface area contributed by atoms with E-state index in [-0.39, 0.29) is 12.0 Å². The number of β-amino-alcohol motifs (C(OH)–C–C–N with tert-alkyl or cyclic N) is 1. The molecule has 1 N–H and O–H groups in total. The first-order valence-corrected chi connectivity index (χ1v) is 6.89. The van der Waals surface area contributed by atoms with Gasteiger partial charge in [-0.3, -0.25) is 4.79 Å². The summed E-state index contributed by atoms with van der Waals surface area (Å²) in [6, 6.07) is 5.74. The molecule has 0 radical (unpaired) electrons.